The van der Waals surface area contributed by atoms with Crippen LogP contribution in [0, 0.1) is 5.41 Å². The molecule has 3 rings (SSSR count). The van der Waals surface area contributed by atoms with Gasteiger partial charge < -0.3 is 10.1 Å². The molecule has 1 N–H and O–H groups in total. The molecule has 19 heavy (non-hydrogen) atoms. The van der Waals surface area contributed by atoms with Crippen molar-refractivity contribution in [1.82, 2.24) is 10.3 Å². The topological polar surface area (TPSA) is 34.2 Å². The second-order valence-corrected chi connectivity index (χ2v) is 6.30. The van der Waals surface area contributed by atoms with Crippen LogP contribution in [0.4, 0.5) is 0 Å². The largest absolute Gasteiger partial charge is 0.381 e. The van der Waals surface area contributed by atoms with Crippen LogP contribution in [0.2, 0.25) is 0 Å². The van der Waals surface area contributed by atoms with Crippen molar-refractivity contribution in [2.24, 2.45) is 5.41 Å². The molecule has 1 fully saturated rings. The molecule has 104 valence electrons. The van der Waals surface area contributed by atoms with Gasteiger partial charge in [-0.3, -0.25) is 4.98 Å². The molecule has 1 unspecified atom stereocenters. The predicted octanol–water partition coefficient (Wildman–Crippen LogP) is 2.87. The number of nitrogens with one attached hydrogen (secondary N) is 1. The Bertz CT molecular complexity index is 427. The average molecular weight is 260 g/mol. The third kappa shape index (κ3) is 2.98. The lowest BCUT2D eigenvalue weighted by molar-refractivity contribution is 0.0225. The summed E-state index contributed by atoms with van der Waals surface area (Å²) in [6.07, 6.45) is 7.94. The van der Waals surface area contributed by atoms with E-state index in [-0.39, 0.29) is 0 Å². The molecule has 0 radical (unpaired) electrons. The smallest absolute Gasteiger partial charge is 0.0605 e. The lowest BCUT2D eigenvalue weighted by Crippen LogP contribution is -2.39. The zero-order valence-corrected chi connectivity index (χ0v) is 11.8. The highest BCUT2D eigenvalue weighted by molar-refractivity contribution is 5.25. The van der Waals surface area contributed by atoms with Crippen molar-refractivity contribution in [3.63, 3.8) is 0 Å². The SMILES string of the molecule is CC1(CNC2CCCc3cccnc32)CCOCC1. The van der Waals surface area contributed by atoms with Crippen molar-refractivity contribution in [1.29, 1.82) is 0 Å². The Morgan fingerprint density at radius 2 is 2.26 bits per heavy atom. The van der Waals surface area contributed by atoms with Gasteiger partial charge in [0.15, 0.2) is 0 Å². The fourth-order valence-electron chi connectivity index (χ4n) is 3.22. The zero-order valence-electron chi connectivity index (χ0n) is 11.8. The molecular weight excluding hydrogens is 236 g/mol. The van der Waals surface area contributed by atoms with E-state index in [1.807, 2.05) is 6.20 Å². The Kier molecular flexibility index (Phi) is 3.85. The van der Waals surface area contributed by atoms with Gasteiger partial charge in [-0.15, -0.1) is 0 Å². The van der Waals surface area contributed by atoms with Gasteiger partial charge in [0, 0.05) is 32.0 Å². The van der Waals surface area contributed by atoms with Gasteiger partial charge in [-0.1, -0.05) is 13.0 Å². The van der Waals surface area contributed by atoms with Gasteiger partial charge >= 0.3 is 0 Å². The zero-order chi connectivity index (χ0) is 13.1. The quantitative estimate of drug-likeness (QED) is 0.907. The average Bonchev–Trinajstić information content (AvgIpc) is 2.46. The Morgan fingerprint density at radius 3 is 3.11 bits per heavy atom. The van der Waals surface area contributed by atoms with Gasteiger partial charge in [-0.05, 0) is 49.1 Å². The van der Waals surface area contributed by atoms with Crippen LogP contribution in [-0.4, -0.2) is 24.7 Å². The number of aryl methyl sites for hydroxylation is 1. The number of pyridine rings is 1. The minimum atomic E-state index is 0.393. The van der Waals surface area contributed by atoms with Crippen molar-refractivity contribution < 1.29 is 4.74 Å². The molecule has 1 saturated heterocycles. The van der Waals surface area contributed by atoms with E-state index in [1.54, 1.807) is 0 Å². The maximum atomic E-state index is 5.47. The Hall–Kier alpha value is -0.930. The maximum Gasteiger partial charge on any atom is 0.0605 e. The highest BCUT2D eigenvalue weighted by Crippen LogP contribution is 2.32. The molecule has 1 aromatic rings. The Morgan fingerprint density at radius 1 is 1.42 bits per heavy atom. The molecule has 3 nitrogen and oxygen atoms in total. The molecule has 0 bridgehead atoms. The van der Waals surface area contributed by atoms with Crippen molar-refractivity contribution in [2.45, 2.75) is 45.1 Å². The second-order valence-electron chi connectivity index (χ2n) is 6.30. The van der Waals surface area contributed by atoms with E-state index in [0.29, 0.717) is 11.5 Å². The highest BCUT2D eigenvalue weighted by Gasteiger charge is 2.29. The monoisotopic (exact) mass is 260 g/mol. The predicted molar refractivity (Wildman–Crippen MR) is 76.1 cm³/mol. The van der Waals surface area contributed by atoms with Crippen LogP contribution in [0.1, 0.15) is 49.9 Å². The summed E-state index contributed by atoms with van der Waals surface area (Å²) >= 11 is 0. The molecule has 2 aliphatic rings. The summed E-state index contributed by atoms with van der Waals surface area (Å²) in [7, 11) is 0. The first-order valence-corrected chi connectivity index (χ1v) is 7.52. The van der Waals surface area contributed by atoms with Crippen molar-refractivity contribution in [3.05, 3.63) is 29.6 Å². The number of rotatable bonds is 3. The third-order valence-corrected chi connectivity index (χ3v) is 4.67. The third-order valence-electron chi connectivity index (χ3n) is 4.67. The van der Waals surface area contributed by atoms with E-state index in [4.69, 9.17) is 4.74 Å². The van der Waals surface area contributed by atoms with Gasteiger partial charge in [0.2, 0.25) is 0 Å². The summed E-state index contributed by atoms with van der Waals surface area (Å²) in [5.74, 6) is 0. The summed E-state index contributed by atoms with van der Waals surface area (Å²) in [4.78, 5) is 4.60. The van der Waals surface area contributed by atoms with Crippen molar-refractivity contribution >= 4 is 0 Å². The van der Waals surface area contributed by atoms with Crippen LogP contribution < -0.4 is 5.32 Å². The first-order valence-electron chi connectivity index (χ1n) is 7.52. The molecule has 0 saturated carbocycles. The molecule has 0 amide bonds. The number of fused-ring (bicyclic) bond motifs is 1. The fourth-order valence-corrected chi connectivity index (χ4v) is 3.22. The number of aromatic nitrogens is 1. The molecule has 2 heterocycles. The minimum absolute atomic E-state index is 0.393. The summed E-state index contributed by atoms with van der Waals surface area (Å²) in [6, 6.07) is 4.73. The Balaban J connectivity index is 1.64. The van der Waals surface area contributed by atoms with Crippen LogP contribution in [0.3, 0.4) is 0 Å². The van der Waals surface area contributed by atoms with E-state index in [0.717, 1.165) is 19.8 Å². The van der Waals surface area contributed by atoms with Gasteiger partial charge in [-0.25, -0.2) is 0 Å². The second kappa shape index (κ2) is 5.59. The summed E-state index contributed by atoms with van der Waals surface area (Å²) in [5.41, 5.74) is 3.11. The van der Waals surface area contributed by atoms with Crippen LogP contribution >= 0.6 is 0 Å². The first kappa shape index (κ1) is 13.1. The molecular formula is C16H24N2O. The normalized spacial score (nSPS) is 25.8. The maximum absolute atomic E-state index is 5.47. The summed E-state index contributed by atoms with van der Waals surface area (Å²) < 4.78 is 5.47. The fraction of sp³-hybridized carbons (Fsp3) is 0.688. The summed E-state index contributed by atoms with van der Waals surface area (Å²) in [6.45, 7) is 5.29. The van der Waals surface area contributed by atoms with Crippen LogP contribution in [0.25, 0.3) is 0 Å². The van der Waals surface area contributed by atoms with E-state index in [1.165, 1.54) is 43.4 Å². The molecule has 0 spiro atoms. The van der Waals surface area contributed by atoms with E-state index in [9.17, 15) is 0 Å². The van der Waals surface area contributed by atoms with E-state index < -0.39 is 0 Å². The van der Waals surface area contributed by atoms with Crippen LogP contribution in [0.15, 0.2) is 18.3 Å². The highest BCUT2D eigenvalue weighted by atomic mass is 16.5. The van der Waals surface area contributed by atoms with Crippen molar-refractivity contribution in [2.75, 3.05) is 19.8 Å². The van der Waals surface area contributed by atoms with Gasteiger partial charge in [-0.2, -0.15) is 0 Å². The lowest BCUT2D eigenvalue weighted by atomic mass is 9.81. The molecule has 1 aliphatic heterocycles. The Labute approximate surface area is 115 Å². The molecule has 0 aromatic carbocycles. The summed E-state index contributed by atoms with van der Waals surface area (Å²) in [5, 5.41) is 3.77. The standard InChI is InChI=1S/C16H24N2O/c1-16(7-10-19-11-8-16)12-18-14-6-2-4-13-5-3-9-17-15(13)14/h3,5,9,14,18H,2,4,6-8,10-12H2,1H3. The molecule has 1 aliphatic carbocycles. The first-order chi connectivity index (χ1) is 9.27. The molecule has 1 aromatic heterocycles. The van der Waals surface area contributed by atoms with Gasteiger partial charge in [0.05, 0.1) is 5.69 Å². The number of nitrogens with zero attached hydrogens (tertiary/aromatic N) is 1. The van der Waals surface area contributed by atoms with E-state index >= 15 is 0 Å². The van der Waals surface area contributed by atoms with Crippen LogP contribution in [0.5, 0.6) is 0 Å². The number of hydrogen-bond acceptors (Lipinski definition) is 3. The van der Waals surface area contributed by atoms with Gasteiger partial charge in [0.25, 0.3) is 0 Å². The minimum Gasteiger partial charge on any atom is -0.381 e. The lowest BCUT2D eigenvalue weighted by Gasteiger charge is -2.36. The molecule has 3 heteroatoms. The number of hydrogen-bond donors (Lipinski definition) is 1. The number of ether oxygens (including phenoxy) is 1. The van der Waals surface area contributed by atoms with Crippen molar-refractivity contribution in [3.8, 4) is 0 Å². The molecule has 1 atom stereocenters. The van der Waals surface area contributed by atoms with E-state index in [2.05, 4.69) is 29.4 Å². The van der Waals surface area contributed by atoms with Crippen LogP contribution in [-0.2, 0) is 11.2 Å². The van der Waals surface area contributed by atoms with Gasteiger partial charge in [0.1, 0.15) is 0 Å².